The molecular formula is C23H17FN2O2. The van der Waals surface area contributed by atoms with Crippen molar-refractivity contribution >= 4 is 22.5 Å². The standard InChI is InChI=1S/C23H17FN2O2/c24-18-9-11-20(12-10-18)28-15-23(27)25-19-6-3-5-17(14-19)22-13-8-16-4-1-2-7-21(16)26-22/h1-14H,15H2,(H,25,27). The highest BCUT2D eigenvalue weighted by atomic mass is 19.1. The highest BCUT2D eigenvalue weighted by Gasteiger charge is 2.07. The Morgan fingerprint density at radius 3 is 2.61 bits per heavy atom. The van der Waals surface area contributed by atoms with E-state index in [1.807, 2.05) is 54.6 Å². The first-order valence-electron chi connectivity index (χ1n) is 8.82. The van der Waals surface area contributed by atoms with Crippen molar-refractivity contribution in [1.82, 2.24) is 4.98 Å². The van der Waals surface area contributed by atoms with Gasteiger partial charge in [0.25, 0.3) is 5.91 Å². The second-order valence-electron chi connectivity index (χ2n) is 6.26. The number of carbonyl (C=O) groups excluding carboxylic acids is 1. The van der Waals surface area contributed by atoms with Gasteiger partial charge in [0.2, 0.25) is 0 Å². The number of fused-ring (bicyclic) bond motifs is 1. The van der Waals surface area contributed by atoms with Crippen molar-refractivity contribution in [3.05, 3.63) is 90.7 Å². The van der Waals surface area contributed by atoms with E-state index in [0.717, 1.165) is 22.2 Å². The van der Waals surface area contributed by atoms with Gasteiger partial charge in [0.05, 0.1) is 11.2 Å². The summed E-state index contributed by atoms with van der Waals surface area (Å²) >= 11 is 0. The fourth-order valence-corrected chi connectivity index (χ4v) is 2.86. The van der Waals surface area contributed by atoms with Crippen molar-refractivity contribution < 1.29 is 13.9 Å². The Morgan fingerprint density at radius 2 is 1.75 bits per heavy atom. The van der Waals surface area contributed by atoms with E-state index in [2.05, 4.69) is 10.3 Å². The van der Waals surface area contributed by atoms with Gasteiger partial charge in [-0.2, -0.15) is 0 Å². The number of benzene rings is 3. The van der Waals surface area contributed by atoms with Crippen molar-refractivity contribution in [3.63, 3.8) is 0 Å². The molecule has 4 aromatic rings. The average Bonchev–Trinajstić information content (AvgIpc) is 2.73. The molecule has 4 rings (SSSR count). The molecule has 5 heteroatoms. The van der Waals surface area contributed by atoms with Crippen molar-refractivity contribution in [1.29, 1.82) is 0 Å². The van der Waals surface area contributed by atoms with E-state index in [1.54, 1.807) is 6.07 Å². The summed E-state index contributed by atoms with van der Waals surface area (Å²) in [6.45, 7) is -0.163. The van der Waals surface area contributed by atoms with Crippen LogP contribution in [-0.4, -0.2) is 17.5 Å². The van der Waals surface area contributed by atoms with Crippen LogP contribution in [0.4, 0.5) is 10.1 Å². The van der Waals surface area contributed by atoms with E-state index in [9.17, 15) is 9.18 Å². The zero-order chi connectivity index (χ0) is 19.3. The number of para-hydroxylation sites is 1. The number of pyridine rings is 1. The first-order valence-corrected chi connectivity index (χ1v) is 8.82. The van der Waals surface area contributed by atoms with Gasteiger partial charge in [-0.1, -0.05) is 36.4 Å². The Morgan fingerprint density at radius 1 is 0.929 bits per heavy atom. The maximum Gasteiger partial charge on any atom is 0.262 e. The number of hydrogen-bond donors (Lipinski definition) is 1. The summed E-state index contributed by atoms with van der Waals surface area (Å²) in [5, 5.41) is 3.88. The molecule has 0 fully saturated rings. The van der Waals surface area contributed by atoms with Gasteiger partial charge in [0.1, 0.15) is 11.6 Å². The lowest BCUT2D eigenvalue weighted by Crippen LogP contribution is -2.20. The van der Waals surface area contributed by atoms with E-state index in [1.165, 1.54) is 24.3 Å². The zero-order valence-electron chi connectivity index (χ0n) is 14.9. The molecule has 1 amide bonds. The number of ether oxygens (including phenoxy) is 1. The third-order valence-electron chi connectivity index (χ3n) is 4.22. The maximum absolute atomic E-state index is 12.9. The Balaban J connectivity index is 1.45. The summed E-state index contributed by atoms with van der Waals surface area (Å²) in [4.78, 5) is 16.8. The molecule has 0 radical (unpaired) electrons. The lowest BCUT2D eigenvalue weighted by molar-refractivity contribution is -0.118. The second-order valence-corrected chi connectivity index (χ2v) is 6.26. The zero-order valence-corrected chi connectivity index (χ0v) is 14.9. The first kappa shape index (κ1) is 17.7. The number of nitrogens with zero attached hydrogens (tertiary/aromatic N) is 1. The molecule has 0 saturated heterocycles. The summed E-state index contributed by atoms with van der Waals surface area (Å²) in [5.74, 6) is -0.213. The van der Waals surface area contributed by atoms with Gasteiger partial charge in [-0.3, -0.25) is 4.79 Å². The molecule has 28 heavy (non-hydrogen) atoms. The third kappa shape index (κ3) is 4.15. The van der Waals surface area contributed by atoms with Crippen LogP contribution in [0.5, 0.6) is 5.75 Å². The van der Waals surface area contributed by atoms with Crippen molar-refractivity contribution in [3.8, 4) is 17.0 Å². The molecular weight excluding hydrogens is 355 g/mol. The van der Waals surface area contributed by atoms with Gasteiger partial charge in [0.15, 0.2) is 6.61 Å². The van der Waals surface area contributed by atoms with E-state index in [4.69, 9.17) is 4.74 Å². The monoisotopic (exact) mass is 372 g/mol. The van der Waals surface area contributed by atoms with Crippen LogP contribution in [0.1, 0.15) is 0 Å². The van der Waals surface area contributed by atoms with Crippen molar-refractivity contribution in [2.45, 2.75) is 0 Å². The van der Waals surface area contributed by atoms with Gasteiger partial charge in [-0.25, -0.2) is 9.37 Å². The molecule has 138 valence electrons. The molecule has 0 spiro atoms. The Kier molecular flexibility index (Phi) is 4.97. The molecule has 0 aliphatic heterocycles. The van der Waals surface area contributed by atoms with Gasteiger partial charge in [0, 0.05) is 16.6 Å². The maximum atomic E-state index is 12.9. The molecule has 0 saturated carbocycles. The number of nitrogens with one attached hydrogen (secondary N) is 1. The number of hydrogen-bond acceptors (Lipinski definition) is 3. The number of aromatic nitrogens is 1. The summed E-state index contributed by atoms with van der Waals surface area (Å²) in [5.41, 5.74) is 3.31. The lowest BCUT2D eigenvalue weighted by Gasteiger charge is -2.09. The lowest BCUT2D eigenvalue weighted by atomic mass is 10.1. The predicted molar refractivity (Wildman–Crippen MR) is 108 cm³/mol. The van der Waals surface area contributed by atoms with Crippen LogP contribution in [-0.2, 0) is 4.79 Å². The van der Waals surface area contributed by atoms with E-state index in [-0.39, 0.29) is 18.3 Å². The molecule has 1 N–H and O–H groups in total. The minimum absolute atomic E-state index is 0.163. The van der Waals surface area contributed by atoms with Crippen molar-refractivity contribution in [2.75, 3.05) is 11.9 Å². The van der Waals surface area contributed by atoms with E-state index >= 15 is 0 Å². The summed E-state index contributed by atoms with van der Waals surface area (Å²) in [6, 6.07) is 24.9. The largest absolute Gasteiger partial charge is 0.484 e. The highest BCUT2D eigenvalue weighted by molar-refractivity contribution is 5.92. The number of anilines is 1. The molecule has 0 atom stereocenters. The number of amides is 1. The Bertz CT molecular complexity index is 1130. The van der Waals surface area contributed by atoms with Crippen LogP contribution in [0.15, 0.2) is 84.9 Å². The normalized spacial score (nSPS) is 10.6. The first-order chi connectivity index (χ1) is 13.7. The van der Waals surface area contributed by atoms with Crippen LogP contribution < -0.4 is 10.1 Å². The highest BCUT2D eigenvalue weighted by Crippen LogP contribution is 2.23. The van der Waals surface area contributed by atoms with Crippen molar-refractivity contribution in [2.24, 2.45) is 0 Å². The van der Waals surface area contributed by atoms with Gasteiger partial charge < -0.3 is 10.1 Å². The van der Waals surface area contributed by atoms with Crippen LogP contribution in [0.3, 0.4) is 0 Å². The molecule has 0 aliphatic rings. The smallest absolute Gasteiger partial charge is 0.262 e. The number of carbonyl (C=O) groups is 1. The SMILES string of the molecule is O=C(COc1ccc(F)cc1)Nc1cccc(-c2ccc3ccccc3n2)c1. The molecule has 4 nitrogen and oxygen atoms in total. The van der Waals surface area contributed by atoms with Crippen LogP contribution >= 0.6 is 0 Å². The van der Waals surface area contributed by atoms with Gasteiger partial charge >= 0.3 is 0 Å². The topological polar surface area (TPSA) is 51.2 Å². The molecule has 1 heterocycles. The van der Waals surface area contributed by atoms with Crippen LogP contribution in [0.2, 0.25) is 0 Å². The fraction of sp³-hybridized carbons (Fsp3) is 0.0435. The average molecular weight is 372 g/mol. The van der Waals surface area contributed by atoms with E-state index < -0.39 is 0 Å². The van der Waals surface area contributed by atoms with Crippen LogP contribution in [0, 0.1) is 5.82 Å². The third-order valence-corrected chi connectivity index (χ3v) is 4.22. The molecule has 0 unspecified atom stereocenters. The van der Waals surface area contributed by atoms with Crippen LogP contribution in [0.25, 0.3) is 22.2 Å². The number of halogens is 1. The number of rotatable bonds is 5. The second kappa shape index (κ2) is 7.88. The summed E-state index contributed by atoms with van der Waals surface area (Å²) in [7, 11) is 0. The molecule has 0 aliphatic carbocycles. The quantitative estimate of drug-likeness (QED) is 0.533. The summed E-state index contributed by atoms with van der Waals surface area (Å²) in [6.07, 6.45) is 0. The molecule has 1 aromatic heterocycles. The fourth-order valence-electron chi connectivity index (χ4n) is 2.86. The van der Waals surface area contributed by atoms with E-state index in [0.29, 0.717) is 11.4 Å². The Labute approximate surface area is 161 Å². The predicted octanol–water partition coefficient (Wildman–Crippen LogP) is 5.06. The minimum Gasteiger partial charge on any atom is -0.484 e. The van der Waals surface area contributed by atoms with Gasteiger partial charge in [-0.15, -0.1) is 0 Å². The molecule has 0 bridgehead atoms. The van der Waals surface area contributed by atoms with Gasteiger partial charge in [-0.05, 0) is 48.5 Å². The Hall–Kier alpha value is -3.73. The minimum atomic E-state index is -0.351. The molecule has 3 aromatic carbocycles. The summed E-state index contributed by atoms with van der Waals surface area (Å²) < 4.78 is 18.3.